The van der Waals surface area contributed by atoms with Crippen LogP contribution in [0.5, 0.6) is 0 Å². The fourth-order valence-corrected chi connectivity index (χ4v) is 1.62. The number of nitriles is 1. The molecule has 20 heavy (non-hydrogen) atoms. The lowest BCUT2D eigenvalue weighted by molar-refractivity contribution is -0.139. The van der Waals surface area contributed by atoms with Gasteiger partial charge in [0.05, 0.1) is 17.2 Å². The first-order valence-electron chi connectivity index (χ1n) is 5.54. The van der Waals surface area contributed by atoms with Crippen molar-refractivity contribution in [3.63, 3.8) is 0 Å². The number of alkyl halides is 3. The molecule has 0 aliphatic rings. The lowest BCUT2D eigenvalue weighted by Gasteiger charge is -2.11. The van der Waals surface area contributed by atoms with Gasteiger partial charge in [-0.1, -0.05) is 0 Å². The molecule has 0 fully saturated rings. The second-order valence-electron chi connectivity index (χ2n) is 4.01. The zero-order valence-corrected chi connectivity index (χ0v) is 10.0. The van der Waals surface area contributed by atoms with E-state index in [1.54, 1.807) is 12.1 Å². The maximum absolute atomic E-state index is 13.1. The van der Waals surface area contributed by atoms with E-state index < -0.39 is 17.6 Å². The number of nitrogens with zero attached hydrogens (tertiary/aromatic N) is 1. The molecule has 0 bridgehead atoms. The van der Waals surface area contributed by atoms with Gasteiger partial charge in [-0.25, -0.2) is 4.39 Å². The molecular formula is C14H8F4N2. The Morgan fingerprint density at radius 1 is 0.950 bits per heavy atom. The third-order valence-corrected chi connectivity index (χ3v) is 2.57. The van der Waals surface area contributed by atoms with Crippen molar-refractivity contribution in [3.8, 4) is 6.07 Å². The molecular weight excluding hydrogens is 272 g/mol. The molecule has 0 amide bonds. The number of hydrogen-bond donors (Lipinski definition) is 1. The number of rotatable bonds is 2. The first kappa shape index (κ1) is 13.9. The summed E-state index contributed by atoms with van der Waals surface area (Å²) < 4.78 is 50.8. The molecule has 0 spiro atoms. The third-order valence-electron chi connectivity index (χ3n) is 2.57. The van der Waals surface area contributed by atoms with Crippen LogP contribution in [0.3, 0.4) is 0 Å². The first-order chi connectivity index (χ1) is 9.40. The number of halogens is 4. The summed E-state index contributed by atoms with van der Waals surface area (Å²) in [4.78, 5) is 0. The predicted octanol–water partition coefficient (Wildman–Crippen LogP) is 4.46. The summed E-state index contributed by atoms with van der Waals surface area (Å²) in [5.41, 5.74) is -0.269. The van der Waals surface area contributed by atoms with Crippen molar-refractivity contribution >= 4 is 11.4 Å². The van der Waals surface area contributed by atoms with E-state index in [4.69, 9.17) is 5.26 Å². The molecule has 2 rings (SSSR count). The molecule has 102 valence electrons. The topological polar surface area (TPSA) is 35.8 Å². The van der Waals surface area contributed by atoms with Crippen LogP contribution in [0.4, 0.5) is 28.9 Å². The van der Waals surface area contributed by atoms with E-state index >= 15 is 0 Å². The van der Waals surface area contributed by atoms with Gasteiger partial charge in [-0.15, -0.1) is 0 Å². The lowest BCUT2D eigenvalue weighted by Crippen LogP contribution is -2.08. The first-order valence-corrected chi connectivity index (χ1v) is 5.54. The van der Waals surface area contributed by atoms with Gasteiger partial charge in [-0.05, 0) is 42.5 Å². The van der Waals surface area contributed by atoms with Gasteiger partial charge in [-0.3, -0.25) is 0 Å². The van der Waals surface area contributed by atoms with Gasteiger partial charge in [0.25, 0.3) is 0 Å². The molecule has 2 aromatic rings. The average molecular weight is 280 g/mol. The van der Waals surface area contributed by atoms with Crippen molar-refractivity contribution in [1.29, 1.82) is 5.26 Å². The highest BCUT2D eigenvalue weighted by Gasteiger charge is 2.34. The Kier molecular flexibility index (Phi) is 3.61. The third kappa shape index (κ3) is 3.06. The molecule has 2 aromatic carbocycles. The van der Waals surface area contributed by atoms with E-state index in [-0.39, 0.29) is 5.69 Å². The Morgan fingerprint density at radius 3 is 2.10 bits per heavy atom. The Balaban J connectivity index is 2.28. The van der Waals surface area contributed by atoms with E-state index in [9.17, 15) is 17.6 Å². The summed E-state index contributed by atoms with van der Waals surface area (Å²) in [6, 6.07) is 10.8. The lowest BCUT2D eigenvalue weighted by atomic mass is 10.1. The molecule has 0 aliphatic heterocycles. The van der Waals surface area contributed by atoms with Crippen LogP contribution in [-0.4, -0.2) is 0 Å². The monoisotopic (exact) mass is 280 g/mol. The van der Waals surface area contributed by atoms with Crippen LogP contribution < -0.4 is 5.32 Å². The Morgan fingerprint density at radius 2 is 1.55 bits per heavy atom. The van der Waals surface area contributed by atoms with Crippen LogP contribution in [0.15, 0.2) is 42.5 Å². The molecule has 0 aliphatic carbocycles. The number of benzene rings is 2. The standard InChI is InChI=1S/C14H8F4N2/c15-13-6-5-11(7-12(13)14(16,17)18)20-10-3-1-9(8-19)2-4-10/h1-7,20H. The minimum absolute atomic E-state index is 0.114. The van der Waals surface area contributed by atoms with E-state index in [0.717, 1.165) is 6.07 Å². The molecule has 1 N–H and O–H groups in total. The molecule has 0 radical (unpaired) electrons. The Bertz CT molecular complexity index is 654. The zero-order valence-electron chi connectivity index (χ0n) is 10.0. The predicted molar refractivity (Wildman–Crippen MR) is 65.8 cm³/mol. The normalized spacial score (nSPS) is 10.9. The minimum Gasteiger partial charge on any atom is -0.356 e. The van der Waals surface area contributed by atoms with Crippen molar-refractivity contribution in [3.05, 3.63) is 59.4 Å². The average Bonchev–Trinajstić information content (AvgIpc) is 2.40. The van der Waals surface area contributed by atoms with Crippen molar-refractivity contribution in [1.82, 2.24) is 0 Å². The van der Waals surface area contributed by atoms with Crippen molar-refractivity contribution in [2.24, 2.45) is 0 Å². The number of nitrogens with one attached hydrogen (secondary N) is 1. The fraction of sp³-hybridized carbons (Fsp3) is 0.0714. The quantitative estimate of drug-likeness (QED) is 0.824. The molecule has 2 nitrogen and oxygen atoms in total. The molecule has 0 saturated heterocycles. The van der Waals surface area contributed by atoms with E-state index in [2.05, 4.69) is 5.32 Å². The van der Waals surface area contributed by atoms with Crippen LogP contribution in [0.1, 0.15) is 11.1 Å². The largest absolute Gasteiger partial charge is 0.419 e. The van der Waals surface area contributed by atoms with Crippen molar-refractivity contribution in [2.45, 2.75) is 6.18 Å². The molecule has 0 saturated carbocycles. The molecule has 0 atom stereocenters. The summed E-state index contributed by atoms with van der Waals surface area (Å²) in [6.45, 7) is 0. The SMILES string of the molecule is N#Cc1ccc(Nc2ccc(F)c(C(F)(F)F)c2)cc1. The molecule has 0 heterocycles. The second-order valence-corrected chi connectivity index (χ2v) is 4.01. The second kappa shape index (κ2) is 5.21. The van der Waals surface area contributed by atoms with Crippen LogP contribution >= 0.6 is 0 Å². The van der Waals surface area contributed by atoms with Gasteiger partial charge in [0, 0.05) is 11.4 Å². The summed E-state index contributed by atoms with van der Waals surface area (Å²) in [5.74, 6) is -1.32. The van der Waals surface area contributed by atoms with Gasteiger partial charge in [0.1, 0.15) is 5.82 Å². The van der Waals surface area contributed by atoms with E-state index in [0.29, 0.717) is 17.3 Å². The maximum atomic E-state index is 13.1. The van der Waals surface area contributed by atoms with Gasteiger partial charge >= 0.3 is 6.18 Å². The number of hydrogen-bond acceptors (Lipinski definition) is 2. The van der Waals surface area contributed by atoms with Gasteiger partial charge in [0.2, 0.25) is 0 Å². The maximum Gasteiger partial charge on any atom is 0.419 e. The Labute approximate surface area is 112 Å². The summed E-state index contributed by atoms with van der Waals surface area (Å²) >= 11 is 0. The van der Waals surface area contributed by atoms with E-state index in [1.165, 1.54) is 18.2 Å². The summed E-state index contributed by atoms with van der Waals surface area (Å²) in [6.07, 6.45) is -4.74. The fourth-order valence-electron chi connectivity index (χ4n) is 1.62. The summed E-state index contributed by atoms with van der Waals surface area (Å²) in [7, 11) is 0. The highest BCUT2D eigenvalue weighted by molar-refractivity contribution is 5.61. The van der Waals surface area contributed by atoms with Crippen LogP contribution in [0, 0.1) is 17.1 Å². The number of anilines is 2. The van der Waals surface area contributed by atoms with E-state index in [1.807, 2.05) is 6.07 Å². The van der Waals surface area contributed by atoms with Gasteiger partial charge in [0.15, 0.2) is 0 Å². The summed E-state index contributed by atoms with van der Waals surface area (Å²) in [5, 5.41) is 11.4. The zero-order chi connectivity index (χ0) is 14.8. The smallest absolute Gasteiger partial charge is 0.356 e. The Hall–Kier alpha value is -2.55. The molecule has 0 aromatic heterocycles. The highest BCUT2D eigenvalue weighted by Crippen LogP contribution is 2.33. The molecule has 6 heteroatoms. The van der Waals surface area contributed by atoms with Gasteiger partial charge < -0.3 is 5.32 Å². The molecule has 0 unspecified atom stereocenters. The van der Waals surface area contributed by atoms with Crippen molar-refractivity contribution < 1.29 is 17.6 Å². The van der Waals surface area contributed by atoms with Gasteiger partial charge in [-0.2, -0.15) is 18.4 Å². The highest BCUT2D eigenvalue weighted by atomic mass is 19.4. The van der Waals surface area contributed by atoms with Crippen LogP contribution in [0.2, 0.25) is 0 Å². The van der Waals surface area contributed by atoms with Crippen LogP contribution in [0.25, 0.3) is 0 Å². The van der Waals surface area contributed by atoms with Crippen molar-refractivity contribution in [2.75, 3.05) is 5.32 Å². The minimum atomic E-state index is -4.74. The van der Waals surface area contributed by atoms with Crippen LogP contribution in [-0.2, 0) is 6.18 Å².